The molecule has 0 spiro atoms. The topological polar surface area (TPSA) is 15.3 Å². The molecule has 0 radical (unpaired) electrons. The van der Waals surface area contributed by atoms with Crippen molar-refractivity contribution >= 4 is 0 Å². The lowest BCUT2D eigenvalue weighted by Crippen LogP contribution is -2.46. The summed E-state index contributed by atoms with van der Waals surface area (Å²) < 4.78 is 0. The first-order valence-corrected chi connectivity index (χ1v) is 7.17. The van der Waals surface area contributed by atoms with Gasteiger partial charge in [-0.3, -0.25) is 0 Å². The van der Waals surface area contributed by atoms with Crippen LogP contribution in [0.3, 0.4) is 0 Å². The van der Waals surface area contributed by atoms with Gasteiger partial charge in [-0.2, -0.15) is 0 Å². The highest BCUT2D eigenvalue weighted by atomic mass is 15.2. The number of nitrogens with one attached hydrogen (secondary N) is 1. The zero-order valence-electron chi connectivity index (χ0n) is 11.2. The van der Waals surface area contributed by atoms with Gasteiger partial charge >= 0.3 is 0 Å². The molecule has 2 rings (SSSR count). The normalized spacial score (nSPS) is 42.9. The Labute approximate surface area is 101 Å². The molecule has 1 aliphatic carbocycles. The van der Waals surface area contributed by atoms with Crippen molar-refractivity contribution in [1.29, 1.82) is 0 Å². The highest BCUT2D eigenvalue weighted by molar-refractivity contribution is 4.85. The van der Waals surface area contributed by atoms with E-state index < -0.39 is 0 Å². The van der Waals surface area contributed by atoms with Crippen molar-refractivity contribution in [1.82, 2.24) is 10.2 Å². The first-order chi connectivity index (χ1) is 7.66. The van der Waals surface area contributed by atoms with Gasteiger partial charge in [0, 0.05) is 18.1 Å². The van der Waals surface area contributed by atoms with E-state index in [0.717, 1.165) is 12.0 Å². The molecule has 2 fully saturated rings. The van der Waals surface area contributed by atoms with Gasteiger partial charge in [0.15, 0.2) is 0 Å². The van der Waals surface area contributed by atoms with Gasteiger partial charge in [-0.15, -0.1) is 0 Å². The highest BCUT2D eigenvalue weighted by Gasteiger charge is 2.29. The van der Waals surface area contributed by atoms with Crippen molar-refractivity contribution in [2.45, 2.75) is 71.0 Å². The van der Waals surface area contributed by atoms with E-state index in [4.69, 9.17) is 0 Å². The molecule has 0 aromatic heterocycles. The van der Waals surface area contributed by atoms with Crippen LogP contribution in [-0.4, -0.2) is 36.1 Å². The summed E-state index contributed by atoms with van der Waals surface area (Å²) in [6, 6.07) is 2.27. The average Bonchev–Trinajstić information content (AvgIpc) is 2.62. The van der Waals surface area contributed by atoms with Crippen LogP contribution in [0, 0.1) is 5.92 Å². The molecule has 2 heteroatoms. The minimum atomic E-state index is 0.689. The summed E-state index contributed by atoms with van der Waals surface area (Å²) in [5, 5.41) is 3.68. The molecule has 16 heavy (non-hydrogen) atoms. The average molecular weight is 224 g/mol. The Hall–Kier alpha value is -0.0800. The van der Waals surface area contributed by atoms with E-state index in [1.165, 1.54) is 45.2 Å². The number of rotatable bonds is 1. The van der Waals surface area contributed by atoms with E-state index >= 15 is 0 Å². The van der Waals surface area contributed by atoms with Crippen LogP contribution >= 0.6 is 0 Å². The van der Waals surface area contributed by atoms with Crippen molar-refractivity contribution in [3.63, 3.8) is 0 Å². The second-order valence-electron chi connectivity index (χ2n) is 6.06. The maximum atomic E-state index is 3.68. The minimum Gasteiger partial charge on any atom is -0.312 e. The Morgan fingerprint density at radius 1 is 0.875 bits per heavy atom. The Bertz CT molecular complexity index is 205. The standard InChI is InChI=1S/C14H28N2/c1-11-5-4-6-14(11)16-9-7-12(2)15-13(3)8-10-16/h11-15H,4-10H2,1-3H3. The summed E-state index contributed by atoms with van der Waals surface area (Å²) in [4.78, 5) is 2.78. The number of hydrogen-bond acceptors (Lipinski definition) is 2. The lowest BCUT2D eigenvalue weighted by atomic mass is 10.0. The molecule has 2 nitrogen and oxygen atoms in total. The highest BCUT2D eigenvalue weighted by Crippen LogP contribution is 2.30. The molecule has 4 atom stereocenters. The van der Waals surface area contributed by atoms with Gasteiger partial charge in [-0.05, 0) is 58.5 Å². The van der Waals surface area contributed by atoms with Crippen LogP contribution < -0.4 is 5.32 Å². The second kappa shape index (κ2) is 5.50. The molecule has 1 heterocycles. The fourth-order valence-electron chi connectivity index (χ4n) is 3.48. The third-order valence-corrected chi connectivity index (χ3v) is 4.55. The largest absolute Gasteiger partial charge is 0.312 e. The van der Waals surface area contributed by atoms with E-state index in [9.17, 15) is 0 Å². The van der Waals surface area contributed by atoms with Gasteiger partial charge in [0.25, 0.3) is 0 Å². The van der Waals surface area contributed by atoms with Crippen LogP contribution in [0.25, 0.3) is 0 Å². The molecule has 1 saturated carbocycles. The van der Waals surface area contributed by atoms with E-state index in [-0.39, 0.29) is 0 Å². The van der Waals surface area contributed by atoms with Crippen molar-refractivity contribution in [3.05, 3.63) is 0 Å². The fourth-order valence-corrected chi connectivity index (χ4v) is 3.48. The summed E-state index contributed by atoms with van der Waals surface area (Å²) in [6.45, 7) is 9.71. The third-order valence-electron chi connectivity index (χ3n) is 4.55. The van der Waals surface area contributed by atoms with E-state index in [1.54, 1.807) is 0 Å². The quantitative estimate of drug-likeness (QED) is 0.736. The minimum absolute atomic E-state index is 0.689. The number of hydrogen-bond donors (Lipinski definition) is 1. The van der Waals surface area contributed by atoms with Gasteiger partial charge in [-0.1, -0.05) is 13.3 Å². The predicted molar refractivity (Wildman–Crippen MR) is 69.7 cm³/mol. The van der Waals surface area contributed by atoms with Gasteiger partial charge in [-0.25, -0.2) is 0 Å². The molecule has 2 aliphatic rings. The van der Waals surface area contributed by atoms with Gasteiger partial charge < -0.3 is 10.2 Å². The summed E-state index contributed by atoms with van der Waals surface area (Å²) in [5.74, 6) is 0.929. The Kier molecular flexibility index (Phi) is 4.26. The molecule has 1 aliphatic heterocycles. The van der Waals surface area contributed by atoms with Crippen LogP contribution in [0.2, 0.25) is 0 Å². The predicted octanol–water partition coefficient (Wildman–Crippen LogP) is 2.64. The molecule has 1 saturated heterocycles. The summed E-state index contributed by atoms with van der Waals surface area (Å²) in [6.07, 6.45) is 6.97. The molecule has 0 bridgehead atoms. The molecular weight excluding hydrogens is 196 g/mol. The zero-order chi connectivity index (χ0) is 11.5. The third kappa shape index (κ3) is 2.98. The molecule has 0 amide bonds. The second-order valence-corrected chi connectivity index (χ2v) is 6.06. The number of nitrogens with zero attached hydrogens (tertiary/aromatic N) is 1. The van der Waals surface area contributed by atoms with Crippen molar-refractivity contribution in [2.75, 3.05) is 13.1 Å². The van der Waals surface area contributed by atoms with E-state index in [2.05, 4.69) is 31.0 Å². The first-order valence-electron chi connectivity index (χ1n) is 7.17. The molecule has 0 aromatic rings. The van der Waals surface area contributed by atoms with Gasteiger partial charge in [0.1, 0.15) is 0 Å². The first kappa shape index (κ1) is 12.4. The molecule has 0 aromatic carbocycles. The van der Waals surface area contributed by atoms with Gasteiger partial charge in [0.2, 0.25) is 0 Å². The van der Waals surface area contributed by atoms with Crippen LogP contribution in [0.4, 0.5) is 0 Å². The summed E-state index contributed by atoms with van der Waals surface area (Å²) in [7, 11) is 0. The Morgan fingerprint density at radius 2 is 1.50 bits per heavy atom. The molecular formula is C14H28N2. The monoisotopic (exact) mass is 224 g/mol. The molecule has 1 N–H and O–H groups in total. The van der Waals surface area contributed by atoms with Gasteiger partial charge in [0.05, 0.1) is 0 Å². The van der Waals surface area contributed by atoms with Crippen LogP contribution in [0.15, 0.2) is 0 Å². The lowest BCUT2D eigenvalue weighted by molar-refractivity contribution is 0.139. The van der Waals surface area contributed by atoms with Crippen LogP contribution in [0.5, 0.6) is 0 Å². The fraction of sp³-hybridized carbons (Fsp3) is 1.00. The SMILES string of the molecule is CC1CCN(C2CCCC2C)CCC(C)N1. The maximum Gasteiger partial charge on any atom is 0.0121 e. The van der Waals surface area contributed by atoms with E-state index in [1.807, 2.05) is 0 Å². The smallest absolute Gasteiger partial charge is 0.0121 e. The summed E-state index contributed by atoms with van der Waals surface area (Å²) in [5.41, 5.74) is 0. The van der Waals surface area contributed by atoms with Crippen molar-refractivity contribution in [3.8, 4) is 0 Å². The Morgan fingerprint density at radius 3 is 2.00 bits per heavy atom. The molecule has 4 unspecified atom stereocenters. The Balaban J connectivity index is 1.92. The van der Waals surface area contributed by atoms with Crippen LogP contribution in [-0.2, 0) is 0 Å². The zero-order valence-corrected chi connectivity index (χ0v) is 11.2. The maximum absolute atomic E-state index is 3.68. The lowest BCUT2D eigenvalue weighted by Gasteiger charge is -2.36. The molecule has 94 valence electrons. The van der Waals surface area contributed by atoms with Crippen molar-refractivity contribution in [2.24, 2.45) is 5.92 Å². The summed E-state index contributed by atoms with van der Waals surface area (Å²) >= 11 is 0. The van der Waals surface area contributed by atoms with Crippen LogP contribution in [0.1, 0.15) is 52.9 Å². The van der Waals surface area contributed by atoms with Crippen molar-refractivity contribution < 1.29 is 0 Å². The van der Waals surface area contributed by atoms with E-state index in [0.29, 0.717) is 12.1 Å².